The first-order valence-corrected chi connectivity index (χ1v) is 5.90. The lowest BCUT2D eigenvalue weighted by atomic mass is 10.1. The second-order valence-electron chi connectivity index (χ2n) is 4.31. The van der Waals surface area contributed by atoms with Gasteiger partial charge in [-0.15, -0.1) is 0 Å². The molecule has 1 N–H and O–H groups in total. The minimum absolute atomic E-state index is 0.123. The summed E-state index contributed by atoms with van der Waals surface area (Å²) in [4.78, 5) is 22.0. The predicted octanol–water partition coefficient (Wildman–Crippen LogP) is 3.43. The molecule has 0 spiro atoms. The maximum atomic E-state index is 13.5. The summed E-state index contributed by atoms with van der Waals surface area (Å²) in [5.41, 5.74) is 0.166. The van der Waals surface area contributed by atoms with Crippen molar-refractivity contribution < 1.29 is 18.5 Å². The molecule has 0 aromatic heterocycles. The molecule has 0 unspecified atom stereocenters. The zero-order valence-corrected chi connectivity index (χ0v) is 10.9. The van der Waals surface area contributed by atoms with Gasteiger partial charge in [0.2, 0.25) is 0 Å². The summed E-state index contributed by atoms with van der Waals surface area (Å²) < 4.78 is 26.6. The van der Waals surface area contributed by atoms with Crippen LogP contribution in [0, 0.1) is 28.7 Å². The van der Waals surface area contributed by atoms with E-state index in [4.69, 9.17) is 0 Å². The first-order chi connectivity index (χ1) is 9.90. The number of anilines is 1. The Morgan fingerprint density at radius 2 is 1.95 bits per heavy atom. The molecule has 0 aliphatic rings. The summed E-state index contributed by atoms with van der Waals surface area (Å²) >= 11 is 0. The lowest BCUT2D eigenvalue weighted by Gasteiger charge is -2.09. The van der Waals surface area contributed by atoms with Gasteiger partial charge in [-0.1, -0.05) is 6.07 Å². The van der Waals surface area contributed by atoms with E-state index in [1.54, 1.807) is 6.92 Å². The third-order valence-corrected chi connectivity index (χ3v) is 2.87. The molecule has 0 fully saturated rings. The van der Waals surface area contributed by atoms with Crippen LogP contribution in [0.15, 0.2) is 36.4 Å². The van der Waals surface area contributed by atoms with Gasteiger partial charge in [-0.25, -0.2) is 8.78 Å². The van der Waals surface area contributed by atoms with Crippen LogP contribution in [0.3, 0.4) is 0 Å². The van der Waals surface area contributed by atoms with Gasteiger partial charge in [0, 0.05) is 17.8 Å². The predicted molar refractivity (Wildman–Crippen MR) is 72.1 cm³/mol. The highest BCUT2D eigenvalue weighted by Crippen LogP contribution is 2.22. The number of benzene rings is 2. The Bertz CT molecular complexity index is 732. The number of nitro groups is 1. The number of aryl methyl sites for hydroxylation is 1. The van der Waals surface area contributed by atoms with Crippen molar-refractivity contribution in [2.75, 3.05) is 5.32 Å². The molecule has 0 radical (unpaired) electrons. The van der Waals surface area contributed by atoms with Crippen molar-refractivity contribution in [1.82, 2.24) is 0 Å². The molecule has 2 aromatic carbocycles. The number of halogens is 2. The third kappa shape index (κ3) is 3.02. The first-order valence-electron chi connectivity index (χ1n) is 5.90. The monoisotopic (exact) mass is 292 g/mol. The van der Waals surface area contributed by atoms with Gasteiger partial charge in [0.1, 0.15) is 0 Å². The van der Waals surface area contributed by atoms with E-state index in [-0.39, 0.29) is 11.4 Å². The molecule has 0 saturated heterocycles. The number of amides is 1. The van der Waals surface area contributed by atoms with Crippen LogP contribution in [-0.2, 0) is 0 Å². The molecular weight excluding hydrogens is 282 g/mol. The number of hydrogen-bond donors (Lipinski definition) is 1. The Labute approximate surface area is 118 Å². The smallest absolute Gasteiger partial charge is 0.269 e. The number of nitrogens with one attached hydrogen (secondary N) is 1. The maximum absolute atomic E-state index is 13.5. The molecule has 0 saturated carbocycles. The fourth-order valence-electron chi connectivity index (χ4n) is 1.77. The van der Waals surface area contributed by atoms with Gasteiger partial charge in [0.25, 0.3) is 11.6 Å². The van der Waals surface area contributed by atoms with Gasteiger partial charge < -0.3 is 5.32 Å². The summed E-state index contributed by atoms with van der Waals surface area (Å²) in [6, 6.07) is 7.10. The standard InChI is InChI=1S/C14H10F2N2O3/c1-8-7-9(18(20)21)5-6-12(8)17-14(19)10-3-2-4-11(15)13(10)16/h2-7H,1H3,(H,17,19). The van der Waals surface area contributed by atoms with E-state index in [1.807, 2.05) is 0 Å². The van der Waals surface area contributed by atoms with Crippen molar-refractivity contribution in [1.29, 1.82) is 0 Å². The number of non-ortho nitro benzene ring substituents is 1. The number of carbonyl (C=O) groups excluding carboxylic acids is 1. The minimum atomic E-state index is -1.24. The van der Waals surface area contributed by atoms with Crippen LogP contribution in [-0.4, -0.2) is 10.8 Å². The maximum Gasteiger partial charge on any atom is 0.269 e. The molecule has 21 heavy (non-hydrogen) atoms. The zero-order chi connectivity index (χ0) is 15.6. The Morgan fingerprint density at radius 1 is 1.24 bits per heavy atom. The van der Waals surface area contributed by atoms with Crippen molar-refractivity contribution >= 4 is 17.3 Å². The van der Waals surface area contributed by atoms with Crippen LogP contribution in [0.2, 0.25) is 0 Å². The second-order valence-corrected chi connectivity index (χ2v) is 4.31. The van der Waals surface area contributed by atoms with Crippen LogP contribution in [0.5, 0.6) is 0 Å². The van der Waals surface area contributed by atoms with E-state index in [9.17, 15) is 23.7 Å². The third-order valence-electron chi connectivity index (χ3n) is 2.87. The number of rotatable bonds is 3. The highest BCUT2D eigenvalue weighted by molar-refractivity contribution is 6.04. The fraction of sp³-hybridized carbons (Fsp3) is 0.0714. The van der Waals surface area contributed by atoms with E-state index in [0.29, 0.717) is 5.56 Å². The van der Waals surface area contributed by atoms with Gasteiger partial charge in [0.05, 0.1) is 10.5 Å². The number of hydrogen-bond acceptors (Lipinski definition) is 3. The molecule has 1 amide bonds. The van der Waals surface area contributed by atoms with Crippen molar-refractivity contribution in [3.05, 3.63) is 69.3 Å². The van der Waals surface area contributed by atoms with E-state index in [0.717, 1.165) is 12.1 Å². The number of nitro benzene ring substituents is 1. The Balaban J connectivity index is 2.28. The second kappa shape index (κ2) is 5.66. The number of carbonyl (C=O) groups is 1. The van der Waals surface area contributed by atoms with Crippen molar-refractivity contribution in [3.8, 4) is 0 Å². The van der Waals surface area contributed by atoms with E-state index < -0.39 is 28.0 Å². The topological polar surface area (TPSA) is 72.2 Å². The quantitative estimate of drug-likeness (QED) is 0.695. The average molecular weight is 292 g/mol. The molecule has 0 aliphatic carbocycles. The lowest BCUT2D eigenvalue weighted by molar-refractivity contribution is -0.384. The highest BCUT2D eigenvalue weighted by atomic mass is 19.2. The van der Waals surface area contributed by atoms with E-state index in [1.165, 1.54) is 24.3 Å². The Kier molecular flexibility index (Phi) is 3.93. The molecule has 2 aromatic rings. The summed E-state index contributed by atoms with van der Waals surface area (Å²) in [6.07, 6.45) is 0. The molecule has 7 heteroatoms. The molecule has 108 valence electrons. The minimum Gasteiger partial charge on any atom is -0.322 e. The number of nitrogens with zero attached hydrogens (tertiary/aromatic N) is 1. The molecule has 2 rings (SSSR count). The average Bonchev–Trinajstić information content (AvgIpc) is 2.43. The van der Waals surface area contributed by atoms with Gasteiger partial charge in [0.15, 0.2) is 11.6 Å². The first kappa shape index (κ1) is 14.6. The summed E-state index contributed by atoms with van der Waals surface area (Å²) in [5, 5.41) is 13.0. The summed E-state index contributed by atoms with van der Waals surface area (Å²) in [6.45, 7) is 1.56. The fourth-order valence-corrected chi connectivity index (χ4v) is 1.77. The molecule has 0 heterocycles. The van der Waals surface area contributed by atoms with Crippen molar-refractivity contribution in [2.24, 2.45) is 0 Å². The van der Waals surface area contributed by atoms with Gasteiger partial charge in [-0.3, -0.25) is 14.9 Å². The largest absolute Gasteiger partial charge is 0.322 e. The van der Waals surface area contributed by atoms with Crippen molar-refractivity contribution in [3.63, 3.8) is 0 Å². The molecule has 0 bridgehead atoms. The lowest BCUT2D eigenvalue weighted by Crippen LogP contribution is -2.15. The van der Waals surface area contributed by atoms with Crippen LogP contribution in [0.1, 0.15) is 15.9 Å². The van der Waals surface area contributed by atoms with Crippen LogP contribution >= 0.6 is 0 Å². The molecular formula is C14H10F2N2O3. The van der Waals surface area contributed by atoms with Crippen LogP contribution < -0.4 is 5.32 Å². The van der Waals surface area contributed by atoms with E-state index >= 15 is 0 Å². The SMILES string of the molecule is Cc1cc([N+](=O)[O-])ccc1NC(=O)c1cccc(F)c1F. The Hall–Kier alpha value is -2.83. The molecule has 5 nitrogen and oxygen atoms in total. The molecule has 0 atom stereocenters. The van der Waals surface area contributed by atoms with Crippen LogP contribution in [0.4, 0.5) is 20.2 Å². The van der Waals surface area contributed by atoms with E-state index in [2.05, 4.69) is 5.32 Å². The summed E-state index contributed by atoms with van der Waals surface area (Å²) in [5.74, 6) is -3.19. The van der Waals surface area contributed by atoms with Gasteiger partial charge in [-0.2, -0.15) is 0 Å². The van der Waals surface area contributed by atoms with Crippen molar-refractivity contribution in [2.45, 2.75) is 6.92 Å². The van der Waals surface area contributed by atoms with Crippen LogP contribution in [0.25, 0.3) is 0 Å². The summed E-state index contributed by atoms with van der Waals surface area (Å²) in [7, 11) is 0. The Morgan fingerprint density at radius 3 is 2.57 bits per heavy atom. The molecule has 0 aliphatic heterocycles. The van der Waals surface area contributed by atoms with Gasteiger partial charge in [-0.05, 0) is 30.7 Å². The normalized spacial score (nSPS) is 10.2. The highest BCUT2D eigenvalue weighted by Gasteiger charge is 2.16. The zero-order valence-electron chi connectivity index (χ0n) is 10.9. The van der Waals surface area contributed by atoms with Gasteiger partial charge >= 0.3 is 0 Å².